The van der Waals surface area contributed by atoms with Crippen molar-refractivity contribution in [1.29, 1.82) is 0 Å². The number of aromatic nitrogens is 4. The molecule has 3 aromatic rings. The van der Waals surface area contributed by atoms with E-state index in [0.717, 1.165) is 11.1 Å². The van der Waals surface area contributed by atoms with Crippen LogP contribution < -0.4 is 5.32 Å². The Labute approximate surface area is 134 Å². The van der Waals surface area contributed by atoms with E-state index < -0.39 is 6.04 Å². The van der Waals surface area contributed by atoms with Gasteiger partial charge in [0.2, 0.25) is 5.91 Å². The van der Waals surface area contributed by atoms with Crippen LogP contribution in [0.3, 0.4) is 0 Å². The molecular formula is C17H17N5O. The fourth-order valence-corrected chi connectivity index (χ4v) is 2.36. The van der Waals surface area contributed by atoms with Crippen molar-refractivity contribution in [2.24, 2.45) is 0 Å². The molecule has 1 amide bonds. The standard InChI is InChI=1S/C17H17N5O/c23-17(18-12-15-9-5-2-6-10-15)16(22-13-19-20-21-22)11-14-7-3-1-4-8-14/h1-10,13,16H,11-12H2,(H,18,23)/t16-/m0/s1. The van der Waals surface area contributed by atoms with E-state index in [0.29, 0.717) is 13.0 Å². The monoisotopic (exact) mass is 307 g/mol. The number of rotatable bonds is 6. The smallest absolute Gasteiger partial charge is 0.245 e. The molecule has 0 unspecified atom stereocenters. The number of hydrogen-bond acceptors (Lipinski definition) is 4. The second-order valence-corrected chi connectivity index (χ2v) is 5.20. The summed E-state index contributed by atoms with van der Waals surface area (Å²) in [5.74, 6) is -0.106. The van der Waals surface area contributed by atoms with Crippen LogP contribution in [0, 0.1) is 0 Å². The van der Waals surface area contributed by atoms with Crippen LogP contribution in [0.2, 0.25) is 0 Å². The van der Waals surface area contributed by atoms with Gasteiger partial charge in [-0.15, -0.1) is 5.10 Å². The molecule has 0 aliphatic carbocycles. The molecule has 116 valence electrons. The molecule has 0 aliphatic heterocycles. The maximum absolute atomic E-state index is 12.6. The van der Waals surface area contributed by atoms with Crippen LogP contribution in [-0.2, 0) is 17.8 Å². The third-order valence-corrected chi connectivity index (χ3v) is 3.57. The molecule has 3 rings (SSSR count). The van der Waals surface area contributed by atoms with E-state index in [2.05, 4.69) is 20.8 Å². The number of carbonyl (C=O) groups excluding carboxylic acids is 1. The highest BCUT2D eigenvalue weighted by molar-refractivity contribution is 5.80. The predicted octanol–water partition coefficient (Wildman–Crippen LogP) is 1.77. The van der Waals surface area contributed by atoms with Gasteiger partial charge in [0, 0.05) is 13.0 Å². The van der Waals surface area contributed by atoms with Crippen LogP contribution >= 0.6 is 0 Å². The molecule has 1 aromatic heterocycles. The highest BCUT2D eigenvalue weighted by Gasteiger charge is 2.21. The Morgan fingerprint density at radius 3 is 2.26 bits per heavy atom. The van der Waals surface area contributed by atoms with Crippen molar-refractivity contribution in [3.8, 4) is 0 Å². The summed E-state index contributed by atoms with van der Waals surface area (Å²) in [6.07, 6.45) is 2.00. The molecule has 1 heterocycles. The molecule has 23 heavy (non-hydrogen) atoms. The van der Waals surface area contributed by atoms with Crippen molar-refractivity contribution in [2.45, 2.75) is 19.0 Å². The van der Waals surface area contributed by atoms with E-state index in [-0.39, 0.29) is 5.91 Å². The maximum Gasteiger partial charge on any atom is 0.245 e. The summed E-state index contributed by atoms with van der Waals surface area (Å²) >= 11 is 0. The van der Waals surface area contributed by atoms with Crippen molar-refractivity contribution in [2.75, 3.05) is 0 Å². The van der Waals surface area contributed by atoms with Gasteiger partial charge in [-0.05, 0) is 21.6 Å². The lowest BCUT2D eigenvalue weighted by atomic mass is 10.1. The molecule has 0 fully saturated rings. The molecule has 6 heteroatoms. The summed E-state index contributed by atoms with van der Waals surface area (Å²) in [6, 6.07) is 19.2. The molecule has 0 saturated heterocycles. The van der Waals surface area contributed by atoms with Gasteiger partial charge in [-0.25, -0.2) is 4.68 Å². The molecular weight excluding hydrogens is 290 g/mol. The average Bonchev–Trinajstić information content (AvgIpc) is 3.14. The number of hydrogen-bond donors (Lipinski definition) is 1. The second kappa shape index (κ2) is 7.31. The predicted molar refractivity (Wildman–Crippen MR) is 85.3 cm³/mol. The van der Waals surface area contributed by atoms with Crippen LogP contribution in [0.4, 0.5) is 0 Å². The minimum absolute atomic E-state index is 0.106. The van der Waals surface area contributed by atoms with Crippen molar-refractivity contribution in [1.82, 2.24) is 25.5 Å². The first kappa shape index (κ1) is 14.9. The zero-order valence-corrected chi connectivity index (χ0v) is 12.5. The van der Waals surface area contributed by atoms with E-state index in [1.54, 1.807) is 0 Å². The zero-order chi connectivity index (χ0) is 15.9. The lowest BCUT2D eigenvalue weighted by molar-refractivity contribution is -0.124. The van der Waals surface area contributed by atoms with Crippen LogP contribution in [0.15, 0.2) is 67.0 Å². The summed E-state index contributed by atoms with van der Waals surface area (Å²) in [4.78, 5) is 12.6. The first-order chi connectivity index (χ1) is 11.3. The number of nitrogens with one attached hydrogen (secondary N) is 1. The maximum atomic E-state index is 12.6. The number of benzene rings is 2. The van der Waals surface area contributed by atoms with Crippen LogP contribution in [0.25, 0.3) is 0 Å². The van der Waals surface area contributed by atoms with Gasteiger partial charge in [-0.1, -0.05) is 60.7 Å². The van der Waals surface area contributed by atoms with Crippen LogP contribution in [0.5, 0.6) is 0 Å². The summed E-state index contributed by atoms with van der Waals surface area (Å²) in [7, 11) is 0. The fraction of sp³-hybridized carbons (Fsp3) is 0.176. The Hall–Kier alpha value is -3.02. The molecule has 0 bridgehead atoms. The van der Waals surface area contributed by atoms with E-state index in [4.69, 9.17) is 0 Å². The molecule has 2 aromatic carbocycles. The number of carbonyl (C=O) groups is 1. The Kier molecular flexibility index (Phi) is 4.73. The van der Waals surface area contributed by atoms with Gasteiger partial charge in [-0.3, -0.25) is 4.79 Å². The summed E-state index contributed by atoms with van der Waals surface area (Å²) in [6.45, 7) is 0.479. The van der Waals surface area contributed by atoms with E-state index in [1.807, 2.05) is 60.7 Å². The Morgan fingerprint density at radius 2 is 1.65 bits per heavy atom. The van der Waals surface area contributed by atoms with Crippen LogP contribution in [-0.4, -0.2) is 26.1 Å². The second-order valence-electron chi connectivity index (χ2n) is 5.20. The minimum atomic E-state index is -0.476. The summed E-state index contributed by atoms with van der Waals surface area (Å²) < 4.78 is 1.49. The Morgan fingerprint density at radius 1 is 1.00 bits per heavy atom. The number of amides is 1. The molecule has 0 saturated carbocycles. The van der Waals surface area contributed by atoms with Crippen molar-refractivity contribution in [3.63, 3.8) is 0 Å². The van der Waals surface area contributed by atoms with Gasteiger partial charge < -0.3 is 5.32 Å². The van der Waals surface area contributed by atoms with Gasteiger partial charge in [0.05, 0.1) is 0 Å². The third kappa shape index (κ3) is 4.00. The van der Waals surface area contributed by atoms with Crippen LogP contribution in [0.1, 0.15) is 17.2 Å². The lowest BCUT2D eigenvalue weighted by Gasteiger charge is -2.16. The van der Waals surface area contributed by atoms with Gasteiger partial charge in [0.1, 0.15) is 12.4 Å². The van der Waals surface area contributed by atoms with Gasteiger partial charge in [0.15, 0.2) is 0 Å². The molecule has 1 N–H and O–H groups in total. The summed E-state index contributed by atoms with van der Waals surface area (Å²) in [5.41, 5.74) is 2.11. The van der Waals surface area contributed by atoms with Crippen molar-refractivity contribution in [3.05, 3.63) is 78.1 Å². The lowest BCUT2D eigenvalue weighted by Crippen LogP contribution is -2.34. The number of nitrogens with zero attached hydrogens (tertiary/aromatic N) is 4. The highest BCUT2D eigenvalue weighted by atomic mass is 16.2. The molecule has 0 aliphatic rings. The SMILES string of the molecule is O=C(NCc1ccccc1)[C@H](Cc1ccccc1)n1cnnn1. The topological polar surface area (TPSA) is 72.7 Å². The van der Waals surface area contributed by atoms with Crippen molar-refractivity contribution < 1.29 is 4.79 Å². The first-order valence-electron chi connectivity index (χ1n) is 7.41. The molecule has 0 spiro atoms. The van der Waals surface area contributed by atoms with Gasteiger partial charge in [0.25, 0.3) is 0 Å². The summed E-state index contributed by atoms with van der Waals surface area (Å²) in [5, 5.41) is 14.1. The van der Waals surface area contributed by atoms with Gasteiger partial charge >= 0.3 is 0 Å². The minimum Gasteiger partial charge on any atom is -0.350 e. The van der Waals surface area contributed by atoms with E-state index in [1.165, 1.54) is 11.0 Å². The molecule has 0 radical (unpaired) electrons. The number of tetrazole rings is 1. The fourth-order valence-electron chi connectivity index (χ4n) is 2.36. The Bertz CT molecular complexity index is 728. The quantitative estimate of drug-likeness (QED) is 0.753. The van der Waals surface area contributed by atoms with Crippen molar-refractivity contribution >= 4 is 5.91 Å². The van der Waals surface area contributed by atoms with E-state index >= 15 is 0 Å². The highest BCUT2D eigenvalue weighted by Crippen LogP contribution is 2.13. The zero-order valence-electron chi connectivity index (χ0n) is 12.5. The normalized spacial score (nSPS) is 11.8. The average molecular weight is 307 g/mol. The van der Waals surface area contributed by atoms with E-state index in [9.17, 15) is 4.79 Å². The third-order valence-electron chi connectivity index (χ3n) is 3.57. The van der Waals surface area contributed by atoms with Gasteiger partial charge in [-0.2, -0.15) is 0 Å². The first-order valence-corrected chi connectivity index (χ1v) is 7.41. The Balaban J connectivity index is 1.71. The largest absolute Gasteiger partial charge is 0.350 e. The molecule has 6 nitrogen and oxygen atoms in total. The molecule has 1 atom stereocenters.